The van der Waals surface area contributed by atoms with Crippen molar-refractivity contribution in [2.45, 2.75) is 6.18 Å². The molecule has 0 aliphatic heterocycles. The number of hydrogen-bond acceptors (Lipinski definition) is 0. The molecule has 0 N–H and O–H groups in total. The van der Waals surface area contributed by atoms with Gasteiger partial charge < -0.3 is 0 Å². The van der Waals surface area contributed by atoms with E-state index in [2.05, 4.69) is 6.07 Å². The monoisotopic (exact) mass is 145 g/mol. The molecule has 0 saturated heterocycles. The molecule has 0 aromatic heterocycles. The predicted octanol–water partition coefficient (Wildman–Crippen LogP) is 2.51. The molecule has 0 nitrogen and oxygen atoms in total. The van der Waals surface area contributed by atoms with E-state index < -0.39 is 11.7 Å². The Balaban J connectivity index is 2.97. The van der Waals surface area contributed by atoms with Crippen LogP contribution in [-0.2, 0) is 6.18 Å². The summed E-state index contributed by atoms with van der Waals surface area (Å²) in [5.41, 5.74) is -0.727. The van der Waals surface area contributed by atoms with E-state index in [4.69, 9.17) is 0 Å². The zero-order chi connectivity index (χ0) is 7.61. The zero-order valence-corrected chi connectivity index (χ0v) is 4.94. The van der Waals surface area contributed by atoms with Crippen molar-refractivity contribution in [1.29, 1.82) is 0 Å². The van der Waals surface area contributed by atoms with Crippen molar-refractivity contribution in [3.63, 3.8) is 0 Å². The van der Waals surface area contributed by atoms with Crippen LogP contribution in [-0.4, -0.2) is 0 Å². The lowest BCUT2D eigenvalue weighted by Gasteiger charge is -2.03. The van der Waals surface area contributed by atoms with Gasteiger partial charge in [-0.15, -0.1) is 0 Å². The minimum Gasteiger partial charge on any atom is -0.166 e. The minimum atomic E-state index is -4.26. The largest absolute Gasteiger partial charge is 0.417 e. The van der Waals surface area contributed by atoms with Crippen molar-refractivity contribution in [2.75, 3.05) is 0 Å². The number of rotatable bonds is 0. The van der Waals surface area contributed by atoms with Gasteiger partial charge in [0.1, 0.15) is 0 Å². The van der Waals surface area contributed by atoms with Crippen LogP contribution < -0.4 is 0 Å². The molecule has 0 aliphatic rings. The summed E-state index contributed by atoms with van der Waals surface area (Å²) in [6.07, 6.45) is -4.26. The highest BCUT2D eigenvalue weighted by molar-refractivity contribution is 5.15. The van der Waals surface area contributed by atoms with E-state index in [-0.39, 0.29) is 0 Å². The van der Waals surface area contributed by atoms with E-state index in [1.807, 2.05) is 0 Å². The van der Waals surface area contributed by atoms with Crippen LogP contribution in [0.25, 0.3) is 0 Å². The van der Waals surface area contributed by atoms with E-state index in [0.29, 0.717) is 0 Å². The van der Waals surface area contributed by atoms with Gasteiger partial charge in [-0.05, 0) is 12.1 Å². The molecule has 1 radical (unpaired) electrons. The summed E-state index contributed by atoms with van der Waals surface area (Å²) < 4.78 is 35.3. The van der Waals surface area contributed by atoms with Crippen LogP contribution in [0.3, 0.4) is 0 Å². The Bertz CT molecular complexity index is 200. The third-order valence-electron chi connectivity index (χ3n) is 1.01. The highest BCUT2D eigenvalue weighted by Gasteiger charge is 2.29. The average Bonchev–Trinajstić information content (AvgIpc) is 1.88. The van der Waals surface area contributed by atoms with Crippen LogP contribution in [0, 0.1) is 6.07 Å². The van der Waals surface area contributed by atoms with Gasteiger partial charge >= 0.3 is 6.18 Å². The first-order valence-electron chi connectivity index (χ1n) is 2.64. The van der Waals surface area contributed by atoms with Gasteiger partial charge in [-0.25, -0.2) is 0 Å². The Kier molecular flexibility index (Phi) is 1.66. The predicted molar refractivity (Wildman–Crippen MR) is 30.3 cm³/mol. The number of benzene rings is 1. The maximum absolute atomic E-state index is 11.8. The normalized spacial score (nSPS) is 11.5. The van der Waals surface area contributed by atoms with Crippen LogP contribution in [0.15, 0.2) is 24.3 Å². The first-order valence-corrected chi connectivity index (χ1v) is 2.64. The first-order chi connectivity index (χ1) is 4.61. The number of halogens is 3. The molecule has 0 aliphatic carbocycles. The third-order valence-corrected chi connectivity index (χ3v) is 1.01. The lowest BCUT2D eigenvalue weighted by atomic mass is 10.2. The fourth-order valence-electron chi connectivity index (χ4n) is 0.570. The van der Waals surface area contributed by atoms with E-state index >= 15 is 0 Å². The standard InChI is InChI=1S/C7H4F3/c8-7(9,10)6-4-2-1-3-5-6/h1-4H. The van der Waals surface area contributed by atoms with Gasteiger partial charge in [0.05, 0.1) is 5.56 Å². The number of hydrogen-bond donors (Lipinski definition) is 0. The fraction of sp³-hybridized carbons (Fsp3) is 0.143. The fourth-order valence-corrected chi connectivity index (χ4v) is 0.570. The summed E-state index contributed by atoms with van der Waals surface area (Å²) >= 11 is 0. The van der Waals surface area contributed by atoms with Crippen LogP contribution in [0.4, 0.5) is 13.2 Å². The lowest BCUT2D eigenvalue weighted by Crippen LogP contribution is -2.03. The second kappa shape index (κ2) is 2.33. The molecule has 0 heterocycles. The Hall–Kier alpha value is -0.990. The van der Waals surface area contributed by atoms with E-state index in [9.17, 15) is 13.2 Å². The van der Waals surface area contributed by atoms with Gasteiger partial charge in [-0.2, -0.15) is 13.2 Å². The molecule has 0 bridgehead atoms. The molecular weight excluding hydrogens is 141 g/mol. The van der Waals surface area contributed by atoms with E-state index in [1.54, 1.807) is 0 Å². The molecular formula is C7H4F3. The smallest absolute Gasteiger partial charge is 0.166 e. The Morgan fingerprint density at radius 3 is 2.20 bits per heavy atom. The Morgan fingerprint density at radius 1 is 1.20 bits per heavy atom. The third kappa shape index (κ3) is 1.50. The van der Waals surface area contributed by atoms with Crippen LogP contribution in [0.2, 0.25) is 0 Å². The number of alkyl halides is 3. The molecule has 1 aromatic carbocycles. The first kappa shape index (κ1) is 7.12. The maximum Gasteiger partial charge on any atom is 0.417 e. The van der Waals surface area contributed by atoms with Gasteiger partial charge in [-0.1, -0.05) is 18.2 Å². The van der Waals surface area contributed by atoms with Crippen LogP contribution >= 0.6 is 0 Å². The molecule has 1 rings (SSSR count). The van der Waals surface area contributed by atoms with Crippen molar-refractivity contribution in [1.82, 2.24) is 0 Å². The molecule has 10 heavy (non-hydrogen) atoms. The molecule has 53 valence electrons. The molecule has 0 unspecified atom stereocenters. The summed E-state index contributed by atoms with van der Waals surface area (Å²) in [6.45, 7) is 0. The Labute approximate surface area is 56.3 Å². The summed E-state index contributed by atoms with van der Waals surface area (Å²) in [5, 5.41) is 0. The minimum absolute atomic E-state index is 0.727. The second-order valence-electron chi connectivity index (χ2n) is 1.77. The van der Waals surface area contributed by atoms with Crippen LogP contribution in [0.5, 0.6) is 0 Å². The SMILES string of the molecule is FC(F)(F)c1[c]cccc1. The van der Waals surface area contributed by atoms with Gasteiger partial charge in [0.2, 0.25) is 0 Å². The quantitative estimate of drug-likeness (QED) is 0.526. The van der Waals surface area contributed by atoms with Crippen molar-refractivity contribution in [3.8, 4) is 0 Å². The average molecular weight is 145 g/mol. The highest BCUT2D eigenvalue weighted by atomic mass is 19.4. The second-order valence-corrected chi connectivity index (χ2v) is 1.77. The highest BCUT2D eigenvalue weighted by Crippen LogP contribution is 2.27. The van der Waals surface area contributed by atoms with Gasteiger partial charge in [0.15, 0.2) is 0 Å². The Morgan fingerprint density at radius 2 is 1.90 bits per heavy atom. The maximum atomic E-state index is 11.8. The van der Waals surface area contributed by atoms with Gasteiger partial charge in [0, 0.05) is 0 Å². The molecule has 0 saturated carbocycles. The van der Waals surface area contributed by atoms with E-state index in [0.717, 1.165) is 6.07 Å². The molecule has 0 atom stereocenters. The summed E-state index contributed by atoms with van der Waals surface area (Å²) in [4.78, 5) is 0. The summed E-state index contributed by atoms with van der Waals surface area (Å²) in [6, 6.07) is 7.14. The summed E-state index contributed by atoms with van der Waals surface area (Å²) in [5.74, 6) is 0. The molecule has 0 fully saturated rings. The molecule has 0 spiro atoms. The molecule has 3 heteroatoms. The van der Waals surface area contributed by atoms with Crippen molar-refractivity contribution >= 4 is 0 Å². The van der Waals surface area contributed by atoms with Crippen molar-refractivity contribution in [3.05, 3.63) is 35.9 Å². The van der Waals surface area contributed by atoms with Gasteiger partial charge in [-0.3, -0.25) is 0 Å². The van der Waals surface area contributed by atoms with Crippen LogP contribution in [0.1, 0.15) is 5.56 Å². The molecule has 1 aromatic rings. The van der Waals surface area contributed by atoms with Crippen molar-refractivity contribution in [2.24, 2.45) is 0 Å². The zero-order valence-electron chi connectivity index (χ0n) is 4.94. The molecule has 0 amide bonds. The topological polar surface area (TPSA) is 0 Å². The van der Waals surface area contributed by atoms with Crippen molar-refractivity contribution < 1.29 is 13.2 Å². The summed E-state index contributed by atoms with van der Waals surface area (Å²) in [7, 11) is 0. The van der Waals surface area contributed by atoms with Gasteiger partial charge in [0.25, 0.3) is 0 Å². The van der Waals surface area contributed by atoms with E-state index in [1.165, 1.54) is 18.2 Å². The lowest BCUT2D eigenvalue weighted by molar-refractivity contribution is -0.137.